The van der Waals surface area contributed by atoms with E-state index in [4.69, 9.17) is 5.11 Å². The summed E-state index contributed by atoms with van der Waals surface area (Å²) < 4.78 is 39.8. The quantitative estimate of drug-likeness (QED) is 0.771. The Morgan fingerprint density at radius 1 is 1.27 bits per heavy atom. The zero-order chi connectivity index (χ0) is 16.8. The van der Waals surface area contributed by atoms with E-state index in [0.717, 1.165) is 5.56 Å². The number of hydrogen-bond acceptors (Lipinski definition) is 3. The topological polar surface area (TPSA) is 58.6 Å². The molecule has 1 aromatic rings. The molecule has 0 radical (unpaired) electrons. The van der Waals surface area contributed by atoms with Crippen molar-refractivity contribution in [3.05, 3.63) is 29.8 Å². The van der Waals surface area contributed by atoms with Gasteiger partial charge in [0.1, 0.15) is 5.75 Å². The highest BCUT2D eigenvalue weighted by atomic mass is 19.4. The molecule has 0 amide bonds. The molecule has 1 rings (SSSR count). The van der Waals surface area contributed by atoms with Gasteiger partial charge in [0.2, 0.25) is 0 Å². The maximum atomic E-state index is 12.0. The number of nitrogens with one attached hydrogen (secondary N) is 1. The molecule has 0 spiro atoms. The van der Waals surface area contributed by atoms with E-state index >= 15 is 0 Å². The van der Waals surface area contributed by atoms with Crippen LogP contribution in [-0.4, -0.2) is 24.0 Å². The summed E-state index contributed by atoms with van der Waals surface area (Å²) in [4.78, 5) is 11.1. The number of alkyl halides is 3. The normalized spacial score (nSPS) is 13.2. The highest BCUT2D eigenvalue weighted by molar-refractivity contribution is 5.70. The maximum absolute atomic E-state index is 12.0. The Morgan fingerprint density at radius 2 is 1.86 bits per heavy atom. The number of halogens is 3. The summed E-state index contributed by atoms with van der Waals surface area (Å²) in [5, 5.41) is 12.1. The molecule has 1 unspecified atom stereocenters. The van der Waals surface area contributed by atoms with Crippen LogP contribution in [0.4, 0.5) is 13.2 Å². The first-order chi connectivity index (χ1) is 10.2. The third-order valence-electron chi connectivity index (χ3n) is 2.98. The maximum Gasteiger partial charge on any atom is 0.573 e. The van der Waals surface area contributed by atoms with Gasteiger partial charge in [0.25, 0.3) is 0 Å². The lowest BCUT2D eigenvalue weighted by Crippen LogP contribution is -2.29. The minimum Gasteiger partial charge on any atom is -0.481 e. The van der Waals surface area contributed by atoms with Crippen molar-refractivity contribution < 1.29 is 27.8 Å². The molecule has 4 nitrogen and oxygen atoms in total. The van der Waals surface area contributed by atoms with E-state index in [1.807, 2.05) is 13.8 Å². The van der Waals surface area contributed by atoms with Gasteiger partial charge in [0, 0.05) is 13.1 Å². The lowest BCUT2D eigenvalue weighted by atomic mass is 9.97. The first-order valence-electron chi connectivity index (χ1n) is 6.95. The predicted molar refractivity (Wildman–Crippen MR) is 75.4 cm³/mol. The van der Waals surface area contributed by atoms with Crippen LogP contribution in [0, 0.1) is 11.8 Å². The van der Waals surface area contributed by atoms with E-state index in [-0.39, 0.29) is 11.7 Å². The standard InChI is InChI=1S/C15H20F3NO3/c1-10(2)7-12(14(20)21)9-19-8-11-3-5-13(6-4-11)22-15(16,17)18/h3-6,10,12,19H,7-9H2,1-2H3,(H,20,21). The number of carbonyl (C=O) groups is 1. The molecule has 0 aliphatic carbocycles. The second-order valence-corrected chi connectivity index (χ2v) is 5.49. The van der Waals surface area contributed by atoms with Crippen molar-refractivity contribution in [2.75, 3.05) is 6.54 Å². The molecule has 124 valence electrons. The summed E-state index contributed by atoms with van der Waals surface area (Å²) in [5.41, 5.74) is 0.753. The van der Waals surface area contributed by atoms with E-state index in [2.05, 4.69) is 10.1 Å². The van der Waals surface area contributed by atoms with Crippen LogP contribution in [0.3, 0.4) is 0 Å². The SMILES string of the molecule is CC(C)CC(CNCc1ccc(OC(F)(F)F)cc1)C(=O)O. The Morgan fingerprint density at radius 3 is 2.32 bits per heavy atom. The Hall–Kier alpha value is -1.76. The lowest BCUT2D eigenvalue weighted by molar-refractivity contribution is -0.274. The van der Waals surface area contributed by atoms with Crippen LogP contribution in [-0.2, 0) is 11.3 Å². The average Bonchev–Trinajstić information content (AvgIpc) is 2.37. The lowest BCUT2D eigenvalue weighted by Gasteiger charge is -2.15. The van der Waals surface area contributed by atoms with Gasteiger partial charge in [-0.15, -0.1) is 13.2 Å². The molecule has 0 aromatic heterocycles. The van der Waals surface area contributed by atoms with Crippen LogP contribution < -0.4 is 10.1 Å². The minimum absolute atomic E-state index is 0.278. The number of ether oxygens (including phenoxy) is 1. The van der Waals surface area contributed by atoms with Crippen LogP contribution >= 0.6 is 0 Å². The van der Waals surface area contributed by atoms with Crippen LogP contribution in [0.2, 0.25) is 0 Å². The summed E-state index contributed by atoms with van der Waals surface area (Å²) >= 11 is 0. The van der Waals surface area contributed by atoms with Crippen molar-refractivity contribution in [2.45, 2.75) is 33.2 Å². The van der Waals surface area contributed by atoms with Gasteiger partial charge in [-0.2, -0.15) is 0 Å². The van der Waals surface area contributed by atoms with Gasteiger partial charge in [0.15, 0.2) is 0 Å². The van der Waals surface area contributed by atoms with Crippen molar-refractivity contribution in [1.82, 2.24) is 5.32 Å². The Kier molecular flexibility index (Phi) is 6.67. The molecule has 2 N–H and O–H groups in total. The second kappa shape index (κ2) is 8.03. The zero-order valence-corrected chi connectivity index (χ0v) is 12.5. The zero-order valence-electron chi connectivity index (χ0n) is 12.5. The minimum atomic E-state index is -4.70. The van der Waals surface area contributed by atoms with Gasteiger partial charge in [-0.3, -0.25) is 4.79 Å². The number of rotatable bonds is 8. The third kappa shape index (κ3) is 7.31. The van der Waals surface area contributed by atoms with E-state index in [1.165, 1.54) is 24.3 Å². The first-order valence-corrected chi connectivity index (χ1v) is 6.95. The molecular weight excluding hydrogens is 299 g/mol. The molecule has 7 heteroatoms. The van der Waals surface area contributed by atoms with Crippen LogP contribution in [0.5, 0.6) is 5.75 Å². The van der Waals surface area contributed by atoms with E-state index in [0.29, 0.717) is 19.5 Å². The molecule has 1 atom stereocenters. The predicted octanol–water partition coefficient (Wildman–Crippen LogP) is 3.42. The monoisotopic (exact) mass is 319 g/mol. The van der Waals surface area contributed by atoms with E-state index in [9.17, 15) is 18.0 Å². The largest absolute Gasteiger partial charge is 0.573 e. The fraction of sp³-hybridized carbons (Fsp3) is 0.533. The molecule has 0 heterocycles. The second-order valence-electron chi connectivity index (χ2n) is 5.49. The molecule has 1 aromatic carbocycles. The van der Waals surface area contributed by atoms with Crippen LogP contribution in [0.25, 0.3) is 0 Å². The fourth-order valence-electron chi connectivity index (χ4n) is 2.04. The van der Waals surface area contributed by atoms with Crippen molar-refractivity contribution in [1.29, 1.82) is 0 Å². The number of benzene rings is 1. The van der Waals surface area contributed by atoms with Crippen molar-refractivity contribution in [3.63, 3.8) is 0 Å². The summed E-state index contributed by atoms with van der Waals surface area (Å²) in [7, 11) is 0. The number of hydrogen-bond donors (Lipinski definition) is 2. The van der Waals surface area contributed by atoms with Crippen molar-refractivity contribution in [2.24, 2.45) is 11.8 Å². The Bertz CT molecular complexity index is 472. The van der Waals surface area contributed by atoms with E-state index < -0.39 is 18.2 Å². The van der Waals surface area contributed by atoms with Gasteiger partial charge in [0.05, 0.1) is 5.92 Å². The van der Waals surface area contributed by atoms with Crippen molar-refractivity contribution >= 4 is 5.97 Å². The summed E-state index contributed by atoms with van der Waals surface area (Å²) in [6, 6.07) is 5.47. The highest BCUT2D eigenvalue weighted by Gasteiger charge is 2.30. The average molecular weight is 319 g/mol. The van der Waals surface area contributed by atoms with Gasteiger partial charge >= 0.3 is 12.3 Å². The van der Waals surface area contributed by atoms with Gasteiger partial charge < -0.3 is 15.2 Å². The molecule has 0 aliphatic heterocycles. The number of aliphatic carboxylic acids is 1. The molecule has 0 bridgehead atoms. The fourth-order valence-corrected chi connectivity index (χ4v) is 2.04. The molecule has 0 aliphatic rings. The summed E-state index contributed by atoms with van der Waals surface area (Å²) in [6.07, 6.45) is -4.13. The number of carboxylic acid groups (broad SMARTS) is 1. The van der Waals surface area contributed by atoms with Crippen LogP contribution in [0.1, 0.15) is 25.8 Å². The smallest absolute Gasteiger partial charge is 0.481 e. The molecule has 22 heavy (non-hydrogen) atoms. The Balaban J connectivity index is 2.46. The third-order valence-corrected chi connectivity index (χ3v) is 2.98. The van der Waals surface area contributed by atoms with Gasteiger partial charge in [-0.1, -0.05) is 26.0 Å². The van der Waals surface area contributed by atoms with E-state index in [1.54, 1.807) is 0 Å². The highest BCUT2D eigenvalue weighted by Crippen LogP contribution is 2.22. The van der Waals surface area contributed by atoms with Crippen LogP contribution in [0.15, 0.2) is 24.3 Å². The number of carboxylic acids is 1. The Labute approximate surface area is 127 Å². The molecular formula is C15H20F3NO3. The van der Waals surface area contributed by atoms with Crippen molar-refractivity contribution in [3.8, 4) is 5.75 Å². The molecule has 0 fully saturated rings. The first kappa shape index (κ1) is 18.3. The van der Waals surface area contributed by atoms with Gasteiger partial charge in [-0.25, -0.2) is 0 Å². The summed E-state index contributed by atoms with van der Waals surface area (Å²) in [5.74, 6) is -1.33. The molecule has 0 saturated carbocycles. The summed E-state index contributed by atoms with van der Waals surface area (Å²) in [6.45, 7) is 4.60. The molecule has 0 saturated heterocycles. The van der Waals surface area contributed by atoms with Gasteiger partial charge in [-0.05, 0) is 30.0 Å².